The zero-order valence-electron chi connectivity index (χ0n) is 6.28. The van der Waals surface area contributed by atoms with Gasteiger partial charge in [0.2, 0.25) is 0 Å². The number of hydrogen-bond donors (Lipinski definition) is 1. The summed E-state index contributed by atoms with van der Waals surface area (Å²) < 4.78 is 0. The van der Waals surface area contributed by atoms with Crippen molar-refractivity contribution < 1.29 is 5.11 Å². The Morgan fingerprint density at radius 2 is 2.09 bits per heavy atom. The SMILES string of the molecule is CC(O)c1ccccc1C#N. The summed E-state index contributed by atoms with van der Waals surface area (Å²) >= 11 is 0. The summed E-state index contributed by atoms with van der Waals surface area (Å²) in [6.45, 7) is 1.65. The van der Waals surface area contributed by atoms with Gasteiger partial charge in [-0.2, -0.15) is 5.26 Å². The van der Waals surface area contributed by atoms with E-state index < -0.39 is 6.10 Å². The van der Waals surface area contributed by atoms with Gasteiger partial charge in [-0.15, -0.1) is 0 Å². The minimum Gasteiger partial charge on any atom is -0.389 e. The molecule has 0 fully saturated rings. The molecule has 0 aromatic heterocycles. The van der Waals surface area contributed by atoms with Crippen molar-refractivity contribution in [1.29, 1.82) is 5.26 Å². The Morgan fingerprint density at radius 1 is 1.45 bits per heavy atom. The maximum Gasteiger partial charge on any atom is 0.0995 e. The molecule has 0 aliphatic carbocycles. The van der Waals surface area contributed by atoms with Crippen molar-refractivity contribution in [1.82, 2.24) is 0 Å². The van der Waals surface area contributed by atoms with E-state index in [-0.39, 0.29) is 0 Å². The van der Waals surface area contributed by atoms with E-state index >= 15 is 0 Å². The van der Waals surface area contributed by atoms with Crippen molar-refractivity contribution in [3.05, 3.63) is 35.4 Å². The van der Waals surface area contributed by atoms with Crippen molar-refractivity contribution in [3.8, 4) is 6.07 Å². The Labute approximate surface area is 65.7 Å². The molecule has 0 bridgehead atoms. The first kappa shape index (κ1) is 7.77. The second-order valence-corrected chi connectivity index (χ2v) is 2.38. The molecule has 0 spiro atoms. The molecule has 2 heteroatoms. The Bertz CT molecular complexity index is 286. The summed E-state index contributed by atoms with van der Waals surface area (Å²) in [7, 11) is 0. The number of nitrogens with zero attached hydrogens (tertiary/aromatic N) is 1. The predicted molar refractivity (Wildman–Crippen MR) is 41.8 cm³/mol. The lowest BCUT2D eigenvalue weighted by molar-refractivity contribution is 0.199. The van der Waals surface area contributed by atoms with E-state index in [1.54, 1.807) is 25.1 Å². The molecule has 0 saturated heterocycles. The molecule has 1 aromatic carbocycles. The van der Waals surface area contributed by atoms with Crippen LogP contribution < -0.4 is 0 Å². The normalized spacial score (nSPS) is 12.1. The third-order valence-electron chi connectivity index (χ3n) is 1.53. The molecule has 2 nitrogen and oxygen atoms in total. The summed E-state index contributed by atoms with van der Waals surface area (Å²) in [5.74, 6) is 0. The molecule has 0 saturated carbocycles. The highest BCUT2D eigenvalue weighted by Crippen LogP contribution is 2.15. The molecule has 1 aromatic rings. The van der Waals surface area contributed by atoms with E-state index in [1.165, 1.54) is 0 Å². The quantitative estimate of drug-likeness (QED) is 0.655. The number of hydrogen-bond acceptors (Lipinski definition) is 2. The van der Waals surface area contributed by atoms with Crippen LogP contribution in [0.3, 0.4) is 0 Å². The predicted octanol–water partition coefficient (Wildman–Crippen LogP) is 1.61. The largest absolute Gasteiger partial charge is 0.389 e. The Morgan fingerprint density at radius 3 is 2.55 bits per heavy atom. The van der Waals surface area contributed by atoms with Crippen LogP contribution in [0.1, 0.15) is 24.2 Å². The molecule has 0 aliphatic heterocycles. The highest BCUT2D eigenvalue weighted by atomic mass is 16.3. The van der Waals surface area contributed by atoms with Gasteiger partial charge in [-0.1, -0.05) is 18.2 Å². The molecule has 1 atom stereocenters. The second kappa shape index (κ2) is 3.18. The van der Waals surface area contributed by atoms with E-state index in [2.05, 4.69) is 0 Å². The second-order valence-electron chi connectivity index (χ2n) is 2.38. The molecular formula is C9H9NO. The van der Waals surface area contributed by atoms with Gasteiger partial charge in [-0.05, 0) is 18.6 Å². The maximum atomic E-state index is 9.18. The van der Waals surface area contributed by atoms with Crippen LogP contribution in [0.15, 0.2) is 24.3 Å². The Hall–Kier alpha value is -1.33. The van der Waals surface area contributed by atoms with Crippen molar-refractivity contribution in [2.75, 3.05) is 0 Å². The minimum absolute atomic E-state index is 0.544. The van der Waals surface area contributed by atoms with Gasteiger partial charge in [0.25, 0.3) is 0 Å². The van der Waals surface area contributed by atoms with Gasteiger partial charge in [-0.25, -0.2) is 0 Å². The molecule has 56 valence electrons. The van der Waals surface area contributed by atoms with Crippen molar-refractivity contribution in [2.45, 2.75) is 13.0 Å². The lowest BCUT2D eigenvalue weighted by Gasteiger charge is -2.04. The van der Waals surface area contributed by atoms with Gasteiger partial charge in [0.15, 0.2) is 0 Å². The highest BCUT2D eigenvalue weighted by Gasteiger charge is 2.04. The van der Waals surface area contributed by atoms with Gasteiger partial charge in [-0.3, -0.25) is 0 Å². The lowest BCUT2D eigenvalue weighted by Crippen LogP contribution is -1.93. The molecule has 1 unspecified atom stereocenters. The first-order valence-electron chi connectivity index (χ1n) is 3.43. The third-order valence-corrected chi connectivity index (χ3v) is 1.53. The number of aliphatic hydroxyl groups excluding tert-OH is 1. The fourth-order valence-electron chi connectivity index (χ4n) is 0.963. The fourth-order valence-corrected chi connectivity index (χ4v) is 0.963. The zero-order chi connectivity index (χ0) is 8.27. The van der Waals surface area contributed by atoms with Crippen LogP contribution in [-0.2, 0) is 0 Å². The molecular weight excluding hydrogens is 138 g/mol. The van der Waals surface area contributed by atoms with Gasteiger partial charge in [0, 0.05) is 0 Å². The Kier molecular flexibility index (Phi) is 2.25. The van der Waals surface area contributed by atoms with Crippen molar-refractivity contribution in [3.63, 3.8) is 0 Å². The number of rotatable bonds is 1. The highest BCUT2D eigenvalue weighted by molar-refractivity contribution is 5.38. The standard InChI is InChI=1S/C9H9NO/c1-7(11)9-5-3-2-4-8(9)6-10/h2-5,7,11H,1H3. The summed E-state index contributed by atoms with van der Waals surface area (Å²) in [6.07, 6.45) is -0.564. The molecule has 1 rings (SSSR count). The van der Waals surface area contributed by atoms with E-state index in [0.717, 1.165) is 0 Å². The van der Waals surface area contributed by atoms with E-state index in [1.807, 2.05) is 12.1 Å². The smallest absolute Gasteiger partial charge is 0.0995 e. The van der Waals surface area contributed by atoms with Crippen LogP contribution in [0, 0.1) is 11.3 Å². The molecule has 0 heterocycles. The average Bonchev–Trinajstić information content (AvgIpc) is 2.04. The number of aliphatic hydroxyl groups is 1. The van der Waals surface area contributed by atoms with E-state index in [4.69, 9.17) is 5.26 Å². The first-order chi connectivity index (χ1) is 5.25. The monoisotopic (exact) mass is 147 g/mol. The third kappa shape index (κ3) is 1.57. The fraction of sp³-hybridized carbons (Fsp3) is 0.222. The molecule has 0 aliphatic rings. The summed E-state index contributed by atoms with van der Waals surface area (Å²) in [6, 6.07) is 9.06. The van der Waals surface area contributed by atoms with Gasteiger partial charge in [0.1, 0.15) is 0 Å². The summed E-state index contributed by atoms with van der Waals surface area (Å²) in [4.78, 5) is 0. The molecule has 11 heavy (non-hydrogen) atoms. The number of benzene rings is 1. The number of nitriles is 1. The van der Waals surface area contributed by atoms with E-state index in [0.29, 0.717) is 11.1 Å². The van der Waals surface area contributed by atoms with Crippen LogP contribution in [-0.4, -0.2) is 5.11 Å². The first-order valence-corrected chi connectivity index (χ1v) is 3.43. The van der Waals surface area contributed by atoms with Crippen molar-refractivity contribution in [2.24, 2.45) is 0 Å². The van der Waals surface area contributed by atoms with Crippen LogP contribution in [0.4, 0.5) is 0 Å². The van der Waals surface area contributed by atoms with Gasteiger partial charge in [0.05, 0.1) is 17.7 Å². The molecule has 0 radical (unpaired) electrons. The summed E-state index contributed by atoms with van der Waals surface area (Å²) in [5, 5.41) is 17.8. The van der Waals surface area contributed by atoms with Gasteiger partial charge >= 0.3 is 0 Å². The zero-order valence-corrected chi connectivity index (χ0v) is 6.28. The van der Waals surface area contributed by atoms with Crippen LogP contribution in [0.5, 0.6) is 0 Å². The molecule has 1 N–H and O–H groups in total. The summed E-state index contributed by atoms with van der Waals surface area (Å²) in [5.41, 5.74) is 1.23. The average molecular weight is 147 g/mol. The lowest BCUT2D eigenvalue weighted by atomic mass is 10.0. The maximum absolute atomic E-state index is 9.18. The molecule has 0 amide bonds. The minimum atomic E-state index is -0.564. The van der Waals surface area contributed by atoms with Crippen LogP contribution >= 0.6 is 0 Å². The Balaban J connectivity index is 3.15. The van der Waals surface area contributed by atoms with E-state index in [9.17, 15) is 5.11 Å². The van der Waals surface area contributed by atoms with Crippen LogP contribution in [0.25, 0.3) is 0 Å². The van der Waals surface area contributed by atoms with Crippen molar-refractivity contribution >= 4 is 0 Å². The van der Waals surface area contributed by atoms with Crippen LogP contribution in [0.2, 0.25) is 0 Å². The van der Waals surface area contributed by atoms with Gasteiger partial charge < -0.3 is 5.11 Å². The topological polar surface area (TPSA) is 44.0 Å².